The lowest BCUT2D eigenvalue weighted by atomic mass is 10.1. The van der Waals surface area contributed by atoms with Crippen molar-refractivity contribution >= 4 is 5.91 Å². The average molecular weight is 378 g/mol. The predicted octanol–water partition coefficient (Wildman–Crippen LogP) is 2.65. The Morgan fingerprint density at radius 1 is 1.14 bits per heavy atom. The van der Waals surface area contributed by atoms with Crippen LogP contribution in [-0.4, -0.2) is 28.2 Å². The summed E-state index contributed by atoms with van der Waals surface area (Å²) in [6.45, 7) is 1.92. The van der Waals surface area contributed by atoms with E-state index in [9.17, 15) is 9.59 Å². The number of methoxy groups -OCH3 is 1. The van der Waals surface area contributed by atoms with Gasteiger partial charge in [-0.05, 0) is 24.6 Å². The fourth-order valence-corrected chi connectivity index (χ4v) is 2.79. The minimum absolute atomic E-state index is 0.103. The second-order valence-electron chi connectivity index (χ2n) is 6.38. The molecule has 0 fully saturated rings. The van der Waals surface area contributed by atoms with Gasteiger partial charge in [-0.1, -0.05) is 42.5 Å². The Labute approximate surface area is 162 Å². The van der Waals surface area contributed by atoms with Gasteiger partial charge < -0.3 is 15.0 Å². The van der Waals surface area contributed by atoms with E-state index < -0.39 is 0 Å². The summed E-state index contributed by atoms with van der Waals surface area (Å²) in [7, 11) is 1.57. The summed E-state index contributed by atoms with van der Waals surface area (Å²) < 4.78 is 5.17. The average Bonchev–Trinajstić information content (AvgIpc) is 2.73. The quantitative estimate of drug-likeness (QED) is 0.659. The third-order valence-electron chi connectivity index (χ3n) is 4.37. The molecule has 0 aliphatic rings. The van der Waals surface area contributed by atoms with Gasteiger partial charge in [0.05, 0.1) is 13.2 Å². The summed E-state index contributed by atoms with van der Waals surface area (Å²) >= 11 is 0. The number of aryl methyl sites for hydroxylation is 1. The second kappa shape index (κ2) is 8.94. The SMILES string of the molecule is COc1cccc(-c2nnc(CCC(=O)NC(C)c3ccccc3)c(=O)[nH]2)c1. The van der Waals surface area contributed by atoms with Crippen LogP contribution in [-0.2, 0) is 11.2 Å². The lowest BCUT2D eigenvalue weighted by Gasteiger charge is -2.14. The fourth-order valence-electron chi connectivity index (χ4n) is 2.79. The normalized spacial score (nSPS) is 11.6. The molecule has 0 spiro atoms. The highest BCUT2D eigenvalue weighted by atomic mass is 16.5. The van der Waals surface area contributed by atoms with Gasteiger partial charge in [0.25, 0.3) is 5.56 Å². The molecule has 1 heterocycles. The Balaban J connectivity index is 1.62. The molecule has 1 atom stereocenters. The van der Waals surface area contributed by atoms with E-state index in [0.29, 0.717) is 17.1 Å². The Kier molecular flexibility index (Phi) is 6.16. The molecular formula is C21H22N4O3. The number of aromatic amines is 1. The van der Waals surface area contributed by atoms with Crippen LogP contribution in [0, 0.1) is 0 Å². The van der Waals surface area contributed by atoms with Crippen LogP contribution in [0.5, 0.6) is 5.75 Å². The molecule has 0 radical (unpaired) electrons. The van der Waals surface area contributed by atoms with Gasteiger partial charge in [-0.2, -0.15) is 0 Å². The van der Waals surface area contributed by atoms with Gasteiger partial charge in [-0.25, -0.2) is 0 Å². The van der Waals surface area contributed by atoms with Gasteiger partial charge >= 0.3 is 0 Å². The topological polar surface area (TPSA) is 97.0 Å². The Bertz CT molecular complexity index is 1000. The molecule has 3 aromatic rings. The first-order valence-electron chi connectivity index (χ1n) is 9.01. The van der Waals surface area contributed by atoms with Crippen molar-refractivity contribution in [3.8, 4) is 17.1 Å². The van der Waals surface area contributed by atoms with E-state index in [2.05, 4.69) is 20.5 Å². The summed E-state index contributed by atoms with van der Waals surface area (Å²) in [5.41, 5.74) is 1.60. The number of nitrogens with one attached hydrogen (secondary N) is 2. The molecule has 2 aromatic carbocycles. The third-order valence-corrected chi connectivity index (χ3v) is 4.37. The summed E-state index contributed by atoms with van der Waals surface area (Å²) in [4.78, 5) is 27.2. The number of amides is 1. The zero-order valence-corrected chi connectivity index (χ0v) is 15.8. The molecule has 0 saturated carbocycles. The second-order valence-corrected chi connectivity index (χ2v) is 6.38. The smallest absolute Gasteiger partial charge is 0.273 e. The van der Waals surface area contributed by atoms with Crippen molar-refractivity contribution in [3.05, 3.63) is 76.2 Å². The van der Waals surface area contributed by atoms with E-state index in [4.69, 9.17) is 4.74 Å². The maximum absolute atomic E-state index is 12.3. The van der Waals surface area contributed by atoms with Crippen LogP contribution in [0.2, 0.25) is 0 Å². The van der Waals surface area contributed by atoms with Crippen molar-refractivity contribution in [1.82, 2.24) is 20.5 Å². The molecule has 1 amide bonds. The van der Waals surface area contributed by atoms with Crippen LogP contribution in [0.25, 0.3) is 11.4 Å². The molecule has 1 unspecified atom stereocenters. The van der Waals surface area contributed by atoms with Crippen molar-refractivity contribution in [3.63, 3.8) is 0 Å². The monoisotopic (exact) mass is 378 g/mol. The van der Waals surface area contributed by atoms with Crippen molar-refractivity contribution < 1.29 is 9.53 Å². The highest BCUT2D eigenvalue weighted by Crippen LogP contribution is 2.19. The lowest BCUT2D eigenvalue weighted by Crippen LogP contribution is -2.28. The van der Waals surface area contributed by atoms with Crippen LogP contribution in [0.3, 0.4) is 0 Å². The molecule has 28 heavy (non-hydrogen) atoms. The Hall–Kier alpha value is -3.48. The minimum Gasteiger partial charge on any atom is -0.497 e. The zero-order valence-electron chi connectivity index (χ0n) is 15.8. The van der Waals surface area contributed by atoms with E-state index >= 15 is 0 Å². The number of nitrogens with zero attached hydrogens (tertiary/aromatic N) is 2. The maximum Gasteiger partial charge on any atom is 0.273 e. The summed E-state index contributed by atoms with van der Waals surface area (Å²) in [6.07, 6.45) is 0.376. The molecule has 0 bridgehead atoms. The first-order chi connectivity index (χ1) is 13.6. The van der Waals surface area contributed by atoms with Crippen molar-refractivity contribution in [2.45, 2.75) is 25.8 Å². The molecule has 0 saturated heterocycles. The number of rotatable bonds is 7. The van der Waals surface area contributed by atoms with Crippen molar-refractivity contribution in [2.75, 3.05) is 7.11 Å². The number of H-pyrrole nitrogens is 1. The maximum atomic E-state index is 12.3. The fraction of sp³-hybridized carbons (Fsp3) is 0.238. The number of benzene rings is 2. The number of ether oxygens (including phenoxy) is 1. The van der Waals surface area contributed by atoms with Gasteiger partial charge in [0, 0.05) is 18.4 Å². The Morgan fingerprint density at radius 3 is 2.64 bits per heavy atom. The highest BCUT2D eigenvalue weighted by molar-refractivity contribution is 5.76. The Morgan fingerprint density at radius 2 is 1.93 bits per heavy atom. The number of carbonyl (C=O) groups is 1. The third kappa shape index (κ3) is 4.82. The van der Waals surface area contributed by atoms with Crippen LogP contribution < -0.4 is 15.6 Å². The van der Waals surface area contributed by atoms with E-state index in [0.717, 1.165) is 5.56 Å². The van der Waals surface area contributed by atoms with E-state index in [-0.39, 0.29) is 36.0 Å². The van der Waals surface area contributed by atoms with Gasteiger partial charge in [0.15, 0.2) is 5.82 Å². The van der Waals surface area contributed by atoms with Crippen LogP contribution in [0.1, 0.15) is 30.6 Å². The van der Waals surface area contributed by atoms with Gasteiger partial charge in [0.2, 0.25) is 5.91 Å². The largest absolute Gasteiger partial charge is 0.497 e. The summed E-state index contributed by atoms with van der Waals surface area (Å²) in [6, 6.07) is 16.8. The molecule has 144 valence electrons. The number of aromatic nitrogens is 3. The summed E-state index contributed by atoms with van der Waals surface area (Å²) in [5.74, 6) is 0.873. The molecule has 1 aromatic heterocycles. The lowest BCUT2D eigenvalue weighted by molar-refractivity contribution is -0.121. The molecule has 7 nitrogen and oxygen atoms in total. The predicted molar refractivity (Wildman–Crippen MR) is 106 cm³/mol. The molecule has 3 rings (SSSR count). The number of carbonyl (C=O) groups excluding carboxylic acids is 1. The van der Waals surface area contributed by atoms with E-state index in [1.165, 1.54) is 0 Å². The van der Waals surface area contributed by atoms with Crippen LogP contribution in [0.4, 0.5) is 0 Å². The van der Waals surface area contributed by atoms with Crippen molar-refractivity contribution in [1.29, 1.82) is 0 Å². The van der Waals surface area contributed by atoms with Gasteiger partial charge in [0.1, 0.15) is 11.4 Å². The first kappa shape index (κ1) is 19.3. The van der Waals surface area contributed by atoms with Gasteiger partial charge in [-0.15, -0.1) is 10.2 Å². The molecular weight excluding hydrogens is 356 g/mol. The van der Waals surface area contributed by atoms with Crippen molar-refractivity contribution in [2.24, 2.45) is 0 Å². The van der Waals surface area contributed by atoms with Crippen LogP contribution in [0.15, 0.2) is 59.4 Å². The highest BCUT2D eigenvalue weighted by Gasteiger charge is 2.12. The minimum atomic E-state index is -0.350. The van der Waals surface area contributed by atoms with E-state index in [1.54, 1.807) is 31.4 Å². The number of hydrogen-bond acceptors (Lipinski definition) is 5. The molecule has 2 N–H and O–H groups in total. The zero-order chi connectivity index (χ0) is 19.9. The standard InChI is InChI=1S/C21H22N4O3/c1-14(15-7-4-3-5-8-15)22-19(26)12-11-18-21(27)23-20(25-24-18)16-9-6-10-17(13-16)28-2/h3-10,13-14H,11-12H2,1-2H3,(H,22,26)(H,23,25,27). The summed E-state index contributed by atoms with van der Waals surface area (Å²) in [5, 5.41) is 11.0. The molecule has 0 aliphatic carbocycles. The van der Waals surface area contributed by atoms with E-state index in [1.807, 2.05) is 37.3 Å². The van der Waals surface area contributed by atoms with Gasteiger partial charge in [-0.3, -0.25) is 9.59 Å². The molecule has 7 heteroatoms. The molecule has 0 aliphatic heterocycles. The van der Waals surface area contributed by atoms with Crippen LogP contribution >= 0.6 is 0 Å². The number of hydrogen-bond donors (Lipinski definition) is 2. The first-order valence-corrected chi connectivity index (χ1v) is 9.01.